The fourth-order valence-electron chi connectivity index (χ4n) is 2.86. The molecule has 0 spiro atoms. The molecule has 3 aromatic carbocycles. The van der Waals surface area contributed by atoms with Crippen LogP contribution < -0.4 is 10.7 Å². The molecule has 0 aliphatic heterocycles. The first kappa shape index (κ1) is 16.2. The van der Waals surface area contributed by atoms with Crippen molar-refractivity contribution in [3.63, 3.8) is 0 Å². The predicted molar refractivity (Wildman–Crippen MR) is 113 cm³/mol. The van der Waals surface area contributed by atoms with Crippen LogP contribution in [0.2, 0.25) is 0 Å². The van der Waals surface area contributed by atoms with Crippen molar-refractivity contribution >= 4 is 50.9 Å². The summed E-state index contributed by atoms with van der Waals surface area (Å²) in [4.78, 5) is 4.73. The average Bonchev–Trinajstić information content (AvgIpc) is 2.69. The Morgan fingerprint density at radius 1 is 0.808 bits per heavy atom. The van der Waals surface area contributed by atoms with Gasteiger partial charge in [-0.25, -0.2) is 4.98 Å². The first-order valence-corrected chi connectivity index (χ1v) is 8.65. The van der Waals surface area contributed by atoms with Gasteiger partial charge in [-0.2, -0.15) is 5.10 Å². The van der Waals surface area contributed by atoms with Crippen LogP contribution in [-0.4, -0.2) is 16.3 Å². The maximum absolute atomic E-state index is 5.27. The summed E-state index contributed by atoms with van der Waals surface area (Å²) >= 11 is 5.27. The molecular formula is C21H16N4S. The number of para-hydroxylation sites is 2. The molecule has 1 heterocycles. The van der Waals surface area contributed by atoms with Crippen molar-refractivity contribution in [1.82, 2.24) is 10.4 Å². The van der Waals surface area contributed by atoms with Gasteiger partial charge in [0.15, 0.2) is 5.11 Å². The van der Waals surface area contributed by atoms with Crippen molar-refractivity contribution in [2.75, 3.05) is 5.32 Å². The zero-order chi connectivity index (χ0) is 17.8. The highest BCUT2D eigenvalue weighted by Crippen LogP contribution is 2.25. The van der Waals surface area contributed by atoms with Crippen LogP contribution in [0.3, 0.4) is 0 Å². The van der Waals surface area contributed by atoms with E-state index in [0.29, 0.717) is 5.11 Å². The first-order valence-electron chi connectivity index (χ1n) is 8.24. The van der Waals surface area contributed by atoms with Crippen LogP contribution in [0.5, 0.6) is 0 Å². The van der Waals surface area contributed by atoms with Crippen LogP contribution in [0.1, 0.15) is 5.69 Å². The number of hydrogen-bond donors (Lipinski definition) is 2. The summed E-state index contributed by atoms with van der Waals surface area (Å²) in [5.74, 6) is 0. The lowest BCUT2D eigenvalue weighted by molar-refractivity contribution is 1.05. The average molecular weight is 356 g/mol. The van der Waals surface area contributed by atoms with E-state index in [4.69, 9.17) is 17.2 Å². The summed E-state index contributed by atoms with van der Waals surface area (Å²) < 4.78 is 0. The van der Waals surface area contributed by atoms with Gasteiger partial charge in [0, 0.05) is 16.5 Å². The van der Waals surface area contributed by atoms with Gasteiger partial charge in [0.1, 0.15) is 0 Å². The van der Waals surface area contributed by atoms with Crippen molar-refractivity contribution in [3.8, 4) is 0 Å². The van der Waals surface area contributed by atoms with Crippen molar-refractivity contribution in [3.05, 3.63) is 84.6 Å². The van der Waals surface area contributed by atoms with Crippen LogP contribution in [0, 0.1) is 0 Å². The fourth-order valence-corrected chi connectivity index (χ4v) is 3.03. The SMILES string of the molecule is S=C(N/N=C/c1nc2ccccc2c2ccccc12)Nc1ccccc1. The molecule has 4 aromatic rings. The van der Waals surface area contributed by atoms with Crippen LogP contribution in [0.4, 0.5) is 5.69 Å². The number of nitrogens with one attached hydrogen (secondary N) is 2. The monoisotopic (exact) mass is 356 g/mol. The predicted octanol–water partition coefficient (Wildman–Crippen LogP) is 4.71. The highest BCUT2D eigenvalue weighted by atomic mass is 32.1. The lowest BCUT2D eigenvalue weighted by atomic mass is 10.0. The maximum Gasteiger partial charge on any atom is 0.191 e. The Morgan fingerprint density at radius 2 is 1.46 bits per heavy atom. The Morgan fingerprint density at radius 3 is 2.27 bits per heavy atom. The number of rotatable bonds is 3. The Bertz CT molecular complexity index is 1110. The summed E-state index contributed by atoms with van der Waals surface area (Å²) in [7, 11) is 0. The van der Waals surface area contributed by atoms with Gasteiger partial charge in [0.2, 0.25) is 0 Å². The van der Waals surface area contributed by atoms with E-state index >= 15 is 0 Å². The fraction of sp³-hybridized carbons (Fsp3) is 0. The minimum Gasteiger partial charge on any atom is -0.331 e. The molecule has 0 atom stereocenters. The highest BCUT2D eigenvalue weighted by Gasteiger charge is 2.06. The Balaban J connectivity index is 1.60. The van der Waals surface area contributed by atoms with Gasteiger partial charge >= 0.3 is 0 Å². The number of benzene rings is 3. The lowest BCUT2D eigenvalue weighted by Crippen LogP contribution is -2.23. The minimum absolute atomic E-state index is 0.428. The quantitative estimate of drug-likeness (QED) is 0.242. The van der Waals surface area contributed by atoms with E-state index in [9.17, 15) is 0 Å². The molecule has 0 unspecified atom stereocenters. The van der Waals surface area contributed by atoms with Gasteiger partial charge in [0.25, 0.3) is 0 Å². The third-order valence-electron chi connectivity index (χ3n) is 4.02. The molecule has 126 valence electrons. The molecule has 0 aliphatic rings. The zero-order valence-corrected chi connectivity index (χ0v) is 14.7. The largest absolute Gasteiger partial charge is 0.331 e. The molecular weight excluding hydrogens is 340 g/mol. The standard InChI is InChI=1S/C21H16N4S/c26-21(23-15-8-2-1-3-9-15)25-22-14-20-18-12-5-4-10-16(18)17-11-6-7-13-19(17)24-20/h1-14H,(H2,23,25,26)/b22-14+. The molecule has 0 bridgehead atoms. The molecule has 0 amide bonds. The summed E-state index contributed by atoms with van der Waals surface area (Å²) in [6, 6.07) is 26.0. The molecule has 4 nitrogen and oxygen atoms in total. The maximum atomic E-state index is 5.27. The molecule has 26 heavy (non-hydrogen) atoms. The molecule has 0 fully saturated rings. The second-order valence-corrected chi connectivity index (χ2v) is 6.16. The van der Waals surface area contributed by atoms with E-state index in [-0.39, 0.29) is 0 Å². The van der Waals surface area contributed by atoms with Gasteiger partial charge in [-0.3, -0.25) is 5.43 Å². The Kier molecular flexibility index (Phi) is 4.53. The number of hydrogen-bond acceptors (Lipinski definition) is 3. The van der Waals surface area contributed by atoms with Gasteiger partial charge in [-0.05, 0) is 35.8 Å². The van der Waals surface area contributed by atoms with Crippen LogP contribution in [0.15, 0.2) is 84.0 Å². The van der Waals surface area contributed by atoms with E-state index in [1.807, 2.05) is 60.7 Å². The number of hydrazone groups is 1. The first-order chi connectivity index (χ1) is 12.8. The van der Waals surface area contributed by atoms with Crippen molar-refractivity contribution in [2.45, 2.75) is 0 Å². The molecule has 5 heteroatoms. The number of pyridine rings is 1. The Hall–Kier alpha value is -3.31. The lowest BCUT2D eigenvalue weighted by Gasteiger charge is -2.08. The number of nitrogens with zero attached hydrogens (tertiary/aromatic N) is 2. The number of anilines is 1. The summed E-state index contributed by atoms with van der Waals surface area (Å²) in [6.45, 7) is 0. The minimum atomic E-state index is 0.428. The van der Waals surface area contributed by atoms with E-state index in [1.54, 1.807) is 6.21 Å². The van der Waals surface area contributed by atoms with Crippen LogP contribution in [0.25, 0.3) is 21.7 Å². The normalized spacial score (nSPS) is 11.1. The van der Waals surface area contributed by atoms with Crippen molar-refractivity contribution in [2.24, 2.45) is 5.10 Å². The molecule has 0 aliphatic carbocycles. The van der Waals surface area contributed by atoms with Gasteiger partial charge in [0.05, 0.1) is 17.4 Å². The number of thiocarbonyl (C=S) groups is 1. The van der Waals surface area contributed by atoms with Gasteiger partial charge in [-0.1, -0.05) is 60.7 Å². The van der Waals surface area contributed by atoms with Crippen molar-refractivity contribution < 1.29 is 0 Å². The third-order valence-corrected chi connectivity index (χ3v) is 4.22. The number of fused-ring (bicyclic) bond motifs is 3. The molecule has 1 aromatic heterocycles. The molecule has 2 N–H and O–H groups in total. The van der Waals surface area contributed by atoms with Gasteiger partial charge in [-0.15, -0.1) is 0 Å². The smallest absolute Gasteiger partial charge is 0.191 e. The van der Waals surface area contributed by atoms with E-state index in [1.165, 1.54) is 0 Å². The highest BCUT2D eigenvalue weighted by molar-refractivity contribution is 7.80. The topological polar surface area (TPSA) is 49.3 Å². The summed E-state index contributed by atoms with van der Waals surface area (Å²) in [6.07, 6.45) is 1.70. The molecule has 0 saturated carbocycles. The summed E-state index contributed by atoms with van der Waals surface area (Å²) in [5.41, 5.74) is 5.50. The van der Waals surface area contributed by atoms with E-state index in [0.717, 1.165) is 33.1 Å². The van der Waals surface area contributed by atoms with Crippen LogP contribution in [-0.2, 0) is 0 Å². The van der Waals surface area contributed by atoms with Crippen LogP contribution >= 0.6 is 12.2 Å². The third kappa shape index (κ3) is 3.38. The Labute approximate surface area is 156 Å². The number of aromatic nitrogens is 1. The second-order valence-electron chi connectivity index (χ2n) is 5.75. The second kappa shape index (κ2) is 7.29. The zero-order valence-electron chi connectivity index (χ0n) is 13.9. The molecule has 0 radical (unpaired) electrons. The van der Waals surface area contributed by atoms with Gasteiger partial charge < -0.3 is 5.32 Å². The molecule has 4 rings (SSSR count). The van der Waals surface area contributed by atoms with E-state index < -0.39 is 0 Å². The van der Waals surface area contributed by atoms with E-state index in [2.05, 4.69) is 34.0 Å². The summed E-state index contributed by atoms with van der Waals surface area (Å²) in [5, 5.41) is 11.1. The molecule has 0 saturated heterocycles. The van der Waals surface area contributed by atoms with Crippen molar-refractivity contribution in [1.29, 1.82) is 0 Å².